The van der Waals surface area contributed by atoms with Crippen molar-refractivity contribution in [3.8, 4) is 0 Å². The second-order valence-electron chi connectivity index (χ2n) is 5.82. The van der Waals surface area contributed by atoms with Crippen LogP contribution in [0.25, 0.3) is 0 Å². The number of hydrogen-bond acceptors (Lipinski definition) is 3. The van der Waals surface area contributed by atoms with E-state index in [-0.39, 0.29) is 23.4 Å². The Morgan fingerprint density at radius 3 is 2.69 bits per heavy atom. The summed E-state index contributed by atoms with van der Waals surface area (Å²) in [4.78, 5) is 13.8. The van der Waals surface area contributed by atoms with Gasteiger partial charge in [0.2, 0.25) is 5.91 Å². The smallest absolute Gasteiger partial charge is 0.234 e. The summed E-state index contributed by atoms with van der Waals surface area (Å²) in [7, 11) is 0. The number of nitrogens with one attached hydrogen (secondary N) is 1. The molecule has 0 saturated carbocycles. The molecule has 94 valence electrons. The van der Waals surface area contributed by atoms with Gasteiger partial charge in [-0.1, -0.05) is 13.8 Å². The van der Waals surface area contributed by atoms with Gasteiger partial charge in [0.25, 0.3) is 0 Å². The lowest BCUT2D eigenvalue weighted by Gasteiger charge is -2.42. The van der Waals surface area contributed by atoms with Gasteiger partial charge in [-0.3, -0.25) is 9.69 Å². The maximum Gasteiger partial charge on any atom is 0.234 e. The fourth-order valence-electron chi connectivity index (χ4n) is 2.19. The van der Waals surface area contributed by atoms with E-state index in [2.05, 4.69) is 24.1 Å². The lowest BCUT2D eigenvalue weighted by molar-refractivity contribution is -0.123. The maximum absolute atomic E-state index is 11.6. The van der Waals surface area contributed by atoms with Gasteiger partial charge in [-0.05, 0) is 25.7 Å². The Bertz CT molecular complexity index is 251. The van der Waals surface area contributed by atoms with Crippen molar-refractivity contribution in [3.05, 3.63) is 0 Å². The molecule has 1 rings (SSSR count). The second-order valence-corrected chi connectivity index (χ2v) is 5.82. The molecule has 1 saturated heterocycles. The van der Waals surface area contributed by atoms with Crippen molar-refractivity contribution in [2.75, 3.05) is 19.6 Å². The molecule has 0 bridgehead atoms. The molecule has 0 radical (unpaired) electrons. The van der Waals surface area contributed by atoms with Crippen LogP contribution in [0, 0.1) is 5.41 Å². The zero-order chi connectivity index (χ0) is 12.3. The van der Waals surface area contributed by atoms with Crippen molar-refractivity contribution in [1.29, 1.82) is 0 Å². The molecule has 1 fully saturated rings. The van der Waals surface area contributed by atoms with E-state index in [1.54, 1.807) is 0 Å². The Morgan fingerprint density at radius 2 is 2.19 bits per heavy atom. The third kappa shape index (κ3) is 3.76. The average Bonchev–Trinajstić information content (AvgIpc) is 2.09. The quantitative estimate of drug-likeness (QED) is 0.741. The Hall–Kier alpha value is -0.610. The first-order chi connectivity index (χ1) is 7.31. The molecule has 3 N–H and O–H groups in total. The first-order valence-electron chi connectivity index (χ1n) is 6.08. The van der Waals surface area contributed by atoms with Crippen molar-refractivity contribution >= 4 is 5.91 Å². The number of piperidine rings is 1. The van der Waals surface area contributed by atoms with Gasteiger partial charge in [-0.15, -0.1) is 0 Å². The highest BCUT2D eigenvalue weighted by atomic mass is 16.2. The SMILES string of the molecule is CC(C)NC(=O)CN1CCC(N)C(C)(C)C1. The number of likely N-dealkylation sites (tertiary alicyclic amines) is 1. The zero-order valence-corrected chi connectivity index (χ0v) is 10.9. The van der Waals surface area contributed by atoms with Gasteiger partial charge < -0.3 is 11.1 Å². The average molecular weight is 227 g/mol. The van der Waals surface area contributed by atoms with E-state index in [1.807, 2.05) is 13.8 Å². The van der Waals surface area contributed by atoms with E-state index in [4.69, 9.17) is 5.73 Å². The molecular formula is C12H25N3O. The number of hydrogen-bond donors (Lipinski definition) is 2. The number of rotatable bonds is 3. The summed E-state index contributed by atoms with van der Waals surface area (Å²) in [5, 5.41) is 2.92. The minimum absolute atomic E-state index is 0.108. The van der Waals surface area contributed by atoms with Gasteiger partial charge in [0.05, 0.1) is 6.54 Å². The van der Waals surface area contributed by atoms with Crippen LogP contribution in [0.2, 0.25) is 0 Å². The fourth-order valence-corrected chi connectivity index (χ4v) is 2.19. The molecule has 1 aliphatic heterocycles. The van der Waals surface area contributed by atoms with E-state index < -0.39 is 0 Å². The maximum atomic E-state index is 11.6. The Labute approximate surface area is 98.6 Å². The van der Waals surface area contributed by atoms with Crippen LogP contribution >= 0.6 is 0 Å². The van der Waals surface area contributed by atoms with Crippen LogP contribution < -0.4 is 11.1 Å². The van der Waals surface area contributed by atoms with Gasteiger partial charge >= 0.3 is 0 Å². The minimum atomic E-state index is 0.108. The van der Waals surface area contributed by atoms with E-state index in [0.29, 0.717) is 6.54 Å². The van der Waals surface area contributed by atoms with Crippen LogP contribution in [0.5, 0.6) is 0 Å². The lowest BCUT2D eigenvalue weighted by Crippen LogP contribution is -2.54. The summed E-state index contributed by atoms with van der Waals surface area (Å²) in [6.45, 7) is 10.6. The first-order valence-corrected chi connectivity index (χ1v) is 6.08. The lowest BCUT2D eigenvalue weighted by atomic mass is 9.80. The Kier molecular flexibility index (Phi) is 4.33. The van der Waals surface area contributed by atoms with Gasteiger partial charge in [-0.25, -0.2) is 0 Å². The molecule has 1 aliphatic rings. The zero-order valence-electron chi connectivity index (χ0n) is 10.9. The molecule has 1 heterocycles. The number of carbonyl (C=O) groups excluding carboxylic acids is 1. The summed E-state index contributed by atoms with van der Waals surface area (Å²) in [5.74, 6) is 0.112. The molecule has 0 spiro atoms. The van der Waals surface area contributed by atoms with Gasteiger partial charge in [0.1, 0.15) is 0 Å². The second kappa shape index (κ2) is 5.15. The van der Waals surface area contributed by atoms with Crippen molar-refractivity contribution < 1.29 is 4.79 Å². The molecule has 0 aliphatic carbocycles. The highest BCUT2D eigenvalue weighted by Crippen LogP contribution is 2.27. The van der Waals surface area contributed by atoms with Crippen LogP contribution in [-0.4, -0.2) is 42.5 Å². The highest BCUT2D eigenvalue weighted by Gasteiger charge is 2.33. The van der Waals surface area contributed by atoms with Crippen molar-refractivity contribution in [2.24, 2.45) is 11.1 Å². The molecule has 1 amide bonds. The van der Waals surface area contributed by atoms with Crippen LogP contribution in [0.3, 0.4) is 0 Å². The summed E-state index contributed by atoms with van der Waals surface area (Å²) < 4.78 is 0. The molecule has 0 aromatic rings. The van der Waals surface area contributed by atoms with E-state index in [9.17, 15) is 4.79 Å². The Morgan fingerprint density at radius 1 is 1.56 bits per heavy atom. The summed E-state index contributed by atoms with van der Waals surface area (Å²) in [5.41, 5.74) is 6.17. The molecule has 4 heteroatoms. The third-order valence-electron chi connectivity index (χ3n) is 3.21. The van der Waals surface area contributed by atoms with E-state index in [1.165, 1.54) is 0 Å². The monoisotopic (exact) mass is 227 g/mol. The summed E-state index contributed by atoms with van der Waals surface area (Å²) >= 11 is 0. The Balaban J connectivity index is 2.42. The normalized spacial score (nSPS) is 25.8. The van der Waals surface area contributed by atoms with Crippen molar-refractivity contribution in [1.82, 2.24) is 10.2 Å². The molecule has 4 nitrogen and oxygen atoms in total. The van der Waals surface area contributed by atoms with Crippen molar-refractivity contribution in [2.45, 2.75) is 46.2 Å². The highest BCUT2D eigenvalue weighted by molar-refractivity contribution is 5.78. The van der Waals surface area contributed by atoms with Crippen LogP contribution in [0.1, 0.15) is 34.1 Å². The van der Waals surface area contributed by atoms with Crippen LogP contribution in [0.4, 0.5) is 0 Å². The van der Waals surface area contributed by atoms with E-state index >= 15 is 0 Å². The van der Waals surface area contributed by atoms with Gasteiger partial charge in [0, 0.05) is 25.2 Å². The molecule has 16 heavy (non-hydrogen) atoms. The molecule has 0 aromatic heterocycles. The van der Waals surface area contributed by atoms with E-state index in [0.717, 1.165) is 19.5 Å². The first kappa shape index (κ1) is 13.5. The molecule has 0 aromatic carbocycles. The summed E-state index contributed by atoms with van der Waals surface area (Å²) in [6, 6.07) is 0.462. The molecule has 1 atom stereocenters. The van der Waals surface area contributed by atoms with Crippen LogP contribution in [0.15, 0.2) is 0 Å². The summed E-state index contributed by atoms with van der Waals surface area (Å²) in [6.07, 6.45) is 0.974. The number of nitrogens with two attached hydrogens (primary N) is 1. The van der Waals surface area contributed by atoms with Gasteiger partial charge in [-0.2, -0.15) is 0 Å². The van der Waals surface area contributed by atoms with Crippen molar-refractivity contribution in [3.63, 3.8) is 0 Å². The fraction of sp³-hybridized carbons (Fsp3) is 0.917. The standard InChI is InChI=1S/C12H25N3O/c1-9(2)14-11(16)7-15-6-5-10(13)12(3,4)8-15/h9-10H,5-8,13H2,1-4H3,(H,14,16). The predicted molar refractivity (Wildman–Crippen MR) is 66.1 cm³/mol. The third-order valence-corrected chi connectivity index (χ3v) is 3.21. The minimum Gasteiger partial charge on any atom is -0.353 e. The number of nitrogens with zero attached hydrogens (tertiary/aromatic N) is 1. The molecule has 1 unspecified atom stereocenters. The predicted octanol–water partition coefficient (Wildman–Crippen LogP) is 0.570. The largest absolute Gasteiger partial charge is 0.353 e. The van der Waals surface area contributed by atoms with Crippen LogP contribution in [-0.2, 0) is 4.79 Å². The number of amides is 1. The molecular weight excluding hydrogens is 202 g/mol. The number of carbonyl (C=O) groups is 1. The topological polar surface area (TPSA) is 58.4 Å². The van der Waals surface area contributed by atoms with Gasteiger partial charge in [0.15, 0.2) is 0 Å².